The van der Waals surface area contributed by atoms with Crippen LogP contribution in [0.5, 0.6) is 0 Å². The van der Waals surface area contributed by atoms with E-state index in [9.17, 15) is 0 Å². The molecule has 0 radical (unpaired) electrons. The van der Waals surface area contributed by atoms with Crippen LogP contribution in [0.25, 0.3) is 132 Å². The number of hydrogen-bond donors (Lipinski definition) is 0. The average Bonchev–Trinajstić information content (AvgIpc) is 1.58. The second-order valence-corrected chi connectivity index (χ2v) is 45.6. The van der Waals surface area contributed by atoms with E-state index in [1.807, 2.05) is 0 Å². The summed E-state index contributed by atoms with van der Waals surface area (Å²) in [6.45, 7) is 56.3. The lowest BCUT2D eigenvalue weighted by Gasteiger charge is -2.46. The Labute approximate surface area is 763 Å². The highest BCUT2D eigenvalue weighted by Gasteiger charge is 2.47. The summed E-state index contributed by atoms with van der Waals surface area (Å²) in [5, 5.41) is 9.90. The Balaban J connectivity index is 0.933. The number of nitrogens with zero attached hydrogens (tertiary/aromatic N) is 6. The molecule has 642 valence electrons. The Morgan fingerprint density at radius 2 is 0.496 bits per heavy atom. The number of hydrogen-bond acceptors (Lipinski definition) is 2. The van der Waals surface area contributed by atoms with Crippen molar-refractivity contribution in [1.82, 2.24) is 18.3 Å². The topological polar surface area (TPSA) is 26.2 Å². The molecule has 0 bridgehead atoms. The molecule has 0 aliphatic carbocycles. The molecule has 0 spiro atoms. The van der Waals surface area contributed by atoms with Crippen molar-refractivity contribution in [3.05, 3.63) is 342 Å². The zero-order valence-corrected chi connectivity index (χ0v) is 80.1. The minimum atomic E-state index is -0.381. The summed E-state index contributed by atoms with van der Waals surface area (Å²) in [5.41, 5.74) is 38.2. The summed E-state index contributed by atoms with van der Waals surface area (Å²) in [6.07, 6.45) is 0. The van der Waals surface area contributed by atoms with Crippen LogP contribution in [0.3, 0.4) is 0 Å². The van der Waals surface area contributed by atoms with Gasteiger partial charge < -0.3 is 28.1 Å². The summed E-state index contributed by atoms with van der Waals surface area (Å²) in [5.74, 6) is 0. The van der Waals surface area contributed by atoms with Gasteiger partial charge in [0.2, 0.25) is 0 Å². The van der Waals surface area contributed by atoms with Crippen molar-refractivity contribution in [2.45, 2.75) is 209 Å². The maximum absolute atomic E-state index is 2.77. The van der Waals surface area contributed by atoms with Gasteiger partial charge in [-0.25, -0.2) is 0 Å². The standard InChI is InChI=1S/C122H121BN6/c1-115(2,3)76-46-56-99-91(62-76)92-63-77(116(4,5)6)47-57-100(92)124(99)85-52-54-97-107(72-85)128(106-45-35-43-88-87-42-34-44-105(113(87)126(114(88)106)84-40-32-27-33-41-84)127-103-60-50-80(119(13,14)15)66-95(103)96-67-81(120(16,17)18)51-61-104(96)127)109-70-83(122(22,23)24)71-110-111(109)123(97)98-55-53-86(125-101-58-48-78(117(7,8)9)64-93(101)94-65-79(118(10,11)12)49-59-102(94)125)73-108(98)129(110)112-89(74-36-28-25-29-37-74)68-82(121(19,20)21)69-90(112)75-38-30-26-31-39-75/h25-73H,1-24H3. The van der Waals surface area contributed by atoms with Crippen molar-refractivity contribution >= 4 is 144 Å². The molecule has 129 heavy (non-hydrogen) atoms. The molecule has 0 saturated carbocycles. The van der Waals surface area contributed by atoms with E-state index in [0.29, 0.717) is 0 Å². The smallest absolute Gasteiger partial charge is 0.252 e. The molecule has 0 fully saturated rings. The van der Waals surface area contributed by atoms with E-state index in [2.05, 4.69) is 491 Å². The molecule has 6 nitrogen and oxygen atoms in total. The highest BCUT2D eigenvalue weighted by atomic mass is 15.2. The number of benzene rings is 15. The lowest BCUT2D eigenvalue weighted by atomic mass is 9.33. The van der Waals surface area contributed by atoms with Crippen molar-refractivity contribution in [1.29, 1.82) is 0 Å². The summed E-state index contributed by atoms with van der Waals surface area (Å²) in [7, 11) is 0. The van der Waals surface area contributed by atoms with Gasteiger partial charge in [-0.1, -0.05) is 318 Å². The van der Waals surface area contributed by atoms with Crippen LogP contribution in [-0.2, 0) is 43.3 Å². The summed E-state index contributed by atoms with van der Waals surface area (Å²) < 4.78 is 10.4. The van der Waals surface area contributed by atoms with Gasteiger partial charge in [0.1, 0.15) is 0 Å². The average molecular weight is 1680 g/mol. The van der Waals surface area contributed by atoms with Gasteiger partial charge in [-0.3, -0.25) is 0 Å². The number of para-hydroxylation sites is 3. The number of fused-ring (bicyclic) bond motifs is 16. The van der Waals surface area contributed by atoms with E-state index in [0.717, 1.165) is 79.0 Å². The molecule has 2 aliphatic heterocycles. The van der Waals surface area contributed by atoms with E-state index < -0.39 is 0 Å². The van der Waals surface area contributed by atoms with Gasteiger partial charge in [0.25, 0.3) is 6.71 Å². The van der Waals surface area contributed by atoms with Crippen LogP contribution in [0.1, 0.15) is 211 Å². The third kappa shape index (κ3) is 13.4. The highest BCUT2D eigenvalue weighted by Crippen LogP contribution is 2.56. The molecule has 4 aromatic heterocycles. The van der Waals surface area contributed by atoms with Crippen molar-refractivity contribution in [3.8, 4) is 45.0 Å². The molecule has 19 aromatic rings. The van der Waals surface area contributed by atoms with Crippen LogP contribution >= 0.6 is 0 Å². The van der Waals surface area contributed by atoms with Crippen LogP contribution in [0.15, 0.2) is 297 Å². The zero-order valence-electron chi connectivity index (χ0n) is 80.1. The zero-order chi connectivity index (χ0) is 90.4. The normalized spacial score (nSPS) is 13.7. The molecule has 7 heteroatoms. The maximum atomic E-state index is 2.77. The molecule has 15 aromatic carbocycles. The molecule has 0 amide bonds. The monoisotopic (exact) mass is 1680 g/mol. The number of aromatic nitrogens is 4. The van der Waals surface area contributed by atoms with Crippen molar-refractivity contribution in [2.24, 2.45) is 0 Å². The predicted octanol–water partition coefficient (Wildman–Crippen LogP) is 31.9. The first kappa shape index (κ1) is 83.1. The fraction of sp³-hybridized carbons (Fsp3) is 0.262. The van der Waals surface area contributed by atoms with Gasteiger partial charge in [-0.05, 0) is 261 Å². The van der Waals surface area contributed by atoms with Gasteiger partial charge in [0.05, 0.1) is 61.2 Å². The highest BCUT2D eigenvalue weighted by molar-refractivity contribution is 7.00. The SMILES string of the molecule is CC(C)(C)c1cc(-c2ccccc2)c(N2c3cc(-n4c5ccc(C(C)(C)C)cc5c5cc(C(C)(C)C)ccc54)ccc3B3c4ccc(-n5c6ccc(C(C)(C)C)cc6c6cc(C(C)(C)C)ccc65)cc4N(c4cccc5c6cccc(-n7c8ccc(C(C)(C)C)cc8c8cc(C(C)(C)C)ccc87)c6n(-c6ccccc6)c45)c4cc(C(C)(C)C)cc2c43)c(-c2ccccc2)c1. The quantitative estimate of drug-likeness (QED) is 0.142. The molecule has 21 rings (SSSR count). The van der Waals surface area contributed by atoms with Crippen LogP contribution in [0.2, 0.25) is 0 Å². The molecular weight excluding hydrogens is 1560 g/mol. The van der Waals surface area contributed by atoms with E-state index in [1.165, 1.54) is 148 Å². The Morgan fingerprint density at radius 3 is 0.845 bits per heavy atom. The third-order valence-corrected chi connectivity index (χ3v) is 28.5. The molecule has 0 saturated heterocycles. The van der Waals surface area contributed by atoms with Crippen molar-refractivity contribution in [3.63, 3.8) is 0 Å². The fourth-order valence-electron chi connectivity index (χ4n) is 21.1. The Kier molecular flexibility index (Phi) is 18.6. The van der Waals surface area contributed by atoms with Gasteiger partial charge in [0, 0.05) is 94.0 Å². The summed E-state index contributed by atoms with van der Waals surface area (Å²) in [4.78, 5) is 5.52. The van der Waals surface area contributed by atoms with E-state index in [-0.39, 0.29) is 50.0 Å². The molecular formula is C122H121BN6. The second-order valence-electron chi connectivity index (χ2n) is 45.6. The van der Waals surface area contributed by atoms with E-state index in [4.69, 9.17) is 0 Å². The van der Waals surface area contributed by atoms with E-state index >= 15 is 0 Å². The Bertz CT molecular complexity index is 7580. The first-order valence-electron chi connectivity index (χ1n) is 46.8. The number of rotatable bonds is 8. The second kappa shape index (κ2) is 28.8. The van der Waals surface area contributed by atoms with Gasteiger partial charge in [0.15, 0.2) is 0 Å². The Morgan fingerprint density at radius 1 is 0.194 bits per heavy atom. The summed E-state index contributed by atoms with van der Waals surface area (Å²) >= 11 is 0. The maximum Gasteiger partial charge on any atom is 0.252 e. The molecule has 2 aliphatic rings. The van der Waals surface area contributed by atoms with Crippen molar-refractivity contribution < 1.29 is 0 Å². The van der Waals surface area contributed by atoms with Crippen LogP contribution in [0.4, 0.5) is 34.1 Å². The lowest BCUT2D eigenvalue weighted by molar-refractivity contribution is 0.590. The van der Waals surface area contributed by atoms with Crippen molar-refractivity contribution in [2.75, 3.05) is 9.80 Å². The molecule has 0 N–H and O–H groups in total. The largest absolute Gasteiger partial charge is 0.310 e. The minimum absolute atomic E-state index is 0.0718. The van der Waals surface area contributed by atoms with Crippen LogP contribution in [-0.4, -0.2) is 25.0 Å². The van der Waals surface area contributed by atoms with Crippen LogP contribution < -0.4 is 26.2 Å². The van der Waals surface area contributed by atoms with E-state index in [1.54, 1.807) is 0 Å². The van der Waals surface area contributed by atoms with Gasteiger partial charge in [-0.2, -0.15) is 0 Å². The Hall–Kier alpha value is -12.8. The molecule has 0 atom stereocenters. The first-order valence-corrected chi connectivity index (χ1v) is 46.8. The fourth-order valence-corrected chi connectivity index (χ4v) is 21.1. The molecule has 0 unspecified atom stereocenters. The van der Waals surface area contributed by atoms with Gasteiger partial charge in [-0.15, -0.1) is 0 Å². The lowest BCUT2D eigenvalue weighted by Crippen LogP contribution is -2.61. The van der Waals surface area contributed by atoms with Gasteiger partial charge >= 0.3 is 0 Å². The van der Waals surface area contributed by atoms with Crippen LogP contribution in [0, 0.1) is 0 Å². The first-order chi connectivity index (χ1) is 61.1. The third-order valence-electron chi connectivity index (χ3n) is 28.5. The number of anilines is 6. The summed E-state index contributed by atoms with van der Waals surface area (Å²) in [6, 6.07) is 117. The predicted molar refractivity (Wildman–Crippen MR) is 558 cm³/mol. The molecule has 6 heterocycles. The minimum Gasteiger partial charge on any atom is -0.310 e.